The molecule has 3 heterocycles. The van der Waals surface area contributed by atoms with Crippen molar-refractivity contribution in [2.45, 2.75) is 0 Å². The zero-order chi connectivity index (χ0) is 17.6. The molecule has 0 radical (unpaired) electrons. The highest BCUT2D eigenvalue weighted by Crippen LogP contribution is 2.26. The van der Waals surface area contributed by atoms with Gasteiger partial charge in [-0.15, -0.1) is 0 Å². The third-order valence-electron chi connectivity index (χ3n) is 3.73. The fraction of sp³-hybridized carbons (Fsp3) is 0.0588. The first-order chi connectivity index (χ1) is 12.1. The minimum atomic E-state index is -0.881. The lowest BCUT2D eigenvalue weighted by Crippen LogP contribution is -2.32. The molecule has 1 aliphatic heterocycles. The largest absolute Gasteiger partial charge is 0.463 e. The standard InChI is InChI=1S/C17H11N3O5/c1-19-9-12(14(18-19)13-7-4-8-24-13)17(23)25-20-15(21)10-5-2-3-6-11(10)16(20)22/h2-9H,1H3. The van der Waals surface area contributed by atoms with Gasteiger partial charge in [-0.3, -0.25) is 14.3 Å². The number of hydrogen-bond donors (Lipinski definition) is 0. The number of carbonyl (C=O) groups excluding carboxylic acids is 3. The van der Waals surface area contributed by atoms with Crippen LogP contribution in [0.15, 0.2) is 53.3 Å². The van der Waals surface area contributed by atoms with Crippen molar-refractivity contribution in [3.63, 3.8) is 0 Å². The molecule has 0 atom stereocenters. The van der Waals surface area contributed by atoms with Crippen molar-refractivity contribution in [1.82, 2.24) is 14.8 Å². The number of aromatic nitrogens is 2. The second kappa shape index (κ2) is 5.45. The zero-order valence-corrected chi connectivity index (χ0v) is 13.0. The number of nitrogens with zero attached hydrogens (tertiary/aromatic N) is 3. The van der Waals surface area contributed by atoms with Crippen molar-refractivity contribution in [3.8, 4) is 11.5 Å². The summed E-state index contributed by atoms with van der Waals surface area (Å²) >= 11 is 0. The highest BCUT2D eigenvalue weighted by atomic mass is 16.7. The molecule has 0 unspecified atom stereocenters. The van der Waals surface area contributed by atoms with Gasteiger partial charge in [-0.25, -0.2) is 4.79 Å². The van der Waals surface area contributed by atoms with Crippen molar-refractivity contribution in [1.29, 1.82) is 0 Å². The SMILES string of the molecule is Cn1cc(C(=O)ON2C(=O)c3ccccc3C2=O)c(-c2ccco2)n1. The second-order valence-corrected chi connectivity index (χ2v) is 5.37. The average molecular weight is 337 g/mol. The van der Waals surface area contributed by atoms with Gasteiger partial charge in [0.2, 0.25) is 0 Å². The number of furan rings is 1. The Labute approximate surface area is 141 Å². The quantitative estimate of drug-likeness (QED) is 0.679. The van der Waals surface area contributed by atoms with Gasteiger partial charge in [0.05, 0.1) is 17.4 Å². The van der Waals surface area contributed by atoms with Gasteiger partial charge in [0, 0.05) is 13.2 Å². The Morgan fingerprint density at radius 3 is 2.36 bits per heavy atom. The van der Waals surface area contributed by atoms with Crippen molar-refractivity contribution >= 4 is 17.8 Å². The first-order valence-electron chi connectivity index (χ1n) is 7.34. The Hall–Kier alpha value is -3.68. The molecule has 1 aliphatic rings. The Morgan fingerprint density at radius 1 is 1.08 bits per heavy atom. The molecule has 0 spiro atoms. The van der Waals surface area contributed by atoms with E-state index in [1.54, 1.807) is 31.3 Å². The lowest BCUT2D eigenvalue weighted by Gasteiger charge is -2.12. The first kappa shape index (κ1) is 14.9. The Balaban J connectivity index is 1.64. The van der Waals surface area contributed by atoms with Crippen LogP contribution in [-0.2, 0) is 11.9 Å². The zero-order valence-electron chi connectivity index (χ0n) is 13.0. The summed E-state index contributed by atoms with van der Waals surface area (Å²) in [6.07, 6.45) is 2.88. The second-order valence-electron chi connectivity index (χ2n) is 5.37. The molecule has 8 heteroatoms. The Bertz CT molecular complexity index is 968. The number of aryl methyl sites for hydroxylation is 1. The summed E-state index contributed by atoms with van der Waals surface area (Å²) in [6.45, 7) is 0. The minimum absolute atomic E-state index is 0.0778. The molecule has 2 aromatic heterocycles. The predicted octanol–water partition coefficient (Wildman–Crippen LogP) is 2.05. The molecule has 2 amide bonds. The van der Waals surface area contributed by atoms with Gasteiger partial charge in [0.25, 0.3) is 11.8 Å². The van der Waals surface area contributed by atoms with Crippen molar-refractivity contribution in [2.24, 2.45) is 7.05 Å². The van der Waals surface area contributed by atoms with E-state index in [2.05, 4.69) is 5.10 Å². The summed E-state index contributed by atoms with van der Waals surface area (Å²) in [5.74, 6) is -1.88. The summed E-state index contributed by atoms with van der Waals surface area (Å²) in [5.41, 5.74) is 0.721. The molecule has 0 saturated carbocycles. The van der Waals surface area contributed by atoms with Gasteiger partial charge in [0.1, 0.15) is 11.3 Å². The topological polar surface area (TPSA) is 94.6 Å². The number of hydrogen-bond acceptors (Lipinski definition) is 6. The predicted molar refractivity (Wildman–Crippen MR) is 83.3 cm³/mol. The molecule has 8 nitrogen and oxygen atoms in total. The molecule has 124 valence electrons. The van der Waals surface area contributed by atoms with E-state index < -0.39 is 17.8 Å². The Morgan fingerprint density at radius 2 is 1.76 bits per heavy atom. The number of rotatable bonds is 3. The van der Waals surface area contributed by atoms with Crippen molar-refractivity contribution < 1.29 is 23.6 Å². The third kappa shape index (κ3) is 2.31. The molecule has 0 aliphatic carbocycles. The average Bonchev–Trinajstić information content (AvgIpc) is 3.31. The van der Waals surface area contributed by atoms with Gasteiger partial charge < -0.3 is 9.25 Å². The van der Waals surface area contributed by atoms with E-state index in [1.807, 2.05) is 0 Å². The van der Waals surface area contributed by atoms with Crippen LogP contribution in [0, 0.1) is 0 Å². The molecule has 0 bridgehead atoms. The van der Waals surface area contributed by atoms with E-state index in [-0.39, 0.29) is 22.4 Å². The molecule has 1 aromatic carbocycles. The normalized spacial score (nSPS) is 13.2. The van der Waals surface area contributed by atoms with Crippen molar-refractivity contribution in [3.05, 3.63) is 65.5 Å². The maximum atomic E-state index is 12.5. The summed E-state index contributed by atoms with van der Waals surface area (Å²) in [6, 6.07) is 9.56. The van der Waals surface area contributed by atoms with Gasteiger partial charge in [-0.05, 0) is 24.3 Å². The molecular formula is C17H11N3O5. The summed E-state index contributed by atoms with van der Waals surface area (Å²) < 4.78 is 6.67. The van der Waals surface area contributed by atoms with Gasteiger partial charge in [-0.1, -0.05) is 17.2 Å². The van der Waals surface area contributed by atoms with Crippen LogP contribution in [0.5, 0.6) is 0 Å². The summed E-state index contributed by atoms with van der Waals surface area (Å²) in [5, 5.41) is 4.62. The number of amides is 2. The van der Waals surface area contributed by atoms with Crippen LogP contribution in [-0.4, -0.2) is 32.6 Å². The highest BCUT2D eigenvalue weighted by molar-refractivity contribution is 6.21. The van der Waals surface area contributed by atoms with E-state index in [4.69, 9.17) is 9.25 Å². The molecule has 0 N–H and O–H groups in total. The van der Waals surface area contributed by atoms with Crippen LogP contribution in [0.2, 0.25) is 0 Å². The Kier molecular flexibility index (Phi) is 3.24. The van der Waals surface area contributed by atoms with Crippen LogP contribution >= 0.6 is 0 Å². The fourth-order valence-corrected chi connectivity index (χ4v) is 2.62. The lowest BCUT2D eigenvalue weighted by atomic mass is 10.1. The molecular weight excluding hydrogens is 326 g/mol. The first-order valence-corrected chi connectivity index (χ1v) is 7.34. The highest BCUT2D eigenvalue weighted by Gasteiger charge is 2.39. The smallest absolute Gasteiger partial charge is 0.367 e. The van der Waals surface area contributed by atoms with Gasteiger partial charge in [0.15, 0.2) is 5.76 Å². The minimum Gasteiger partial charge on any atom is -0.463 e. The van der Waals surface area contributed by atoms with Gasteiger partial charge in [-0.2, -0.15) is 5.10 Å². The van der Waals surface area contributed by atoms with E-state index in [9.17, 15) is 14.4 Å². The number of carbonyl (C=O) groups is 3. The number of benzene rings is 1. The van der Waals surface area contributed by atoms with E-state index >= 15 is 0 Å². The number of imide groups is 1. The van der Waals surface area contributed by atoms with Crippen LogP contribution in [0.4, 0.5) is 0 Å². The van der Waals surface area contributed by atoms with Crippen molar-refractivity contribution in [2.75, 3.05) is 0 Å². The monoisotopic (exact) mass is 337 g/mol. The van der Waals surface area contributed by atoms with Crippen LogP contribution in [0.25, 0.3) is 11.5 Å². The molecule has 4 rings (SSSR count). The number of hydroxylamine groups is 2. The van der Waals surface area contributed by atoms with E-state index in [0.29, 0.717) is 10.8 Å². The number of fused-ring (bicyclic) bond motifs is 1. The third-order valence-corrected chi connectivity index (χ3v) is 3.73. The summed E-state index contributed by atoms with van der Waals surface area (Å²) in [7, 11) is 1.63. The van der Waals surface area contributed by atoms with Crippen LogP contribution in [0.1, 0.15) is 31.1 Å². The maximum Gasteiger partial charge on any atom is 0.367 e. The van der Waals surface area contributed by atoms with E-state index in [1.165, 1.54) is 29.3 Å². The maximum absolute atomic E-state index is 12.5. The fourth-order valence-electron chi connectivity index (χ4n) is 2.62. The van der Waals surface area contributed by atoms with Gasteiger partial charge >= 0.3 is 5.97 Å². The van der Waals surface area contributed by atoms with Crippen LogP contribution in [0.3, 0.4) is 0 Å². The van der Waals surface area contributed by atoms with Crippen LogP contribution < -0.4 is 0 Å². The lowest BCUT2D eigenvalue weighted by molar-refractivity contribution is -0.0584. The summed E-state index contributed by atoms with van der Waals surface area (Å²) in [4.78, 5) is 42.1. The molecule has 0 fully saturated rings. The van der Waals surface area contributed by atoms with E-state index in [0.717, 1.165) is 0 Å². The molecule has 3 aromatic rings. The molecule has 25 heavy (non-hydrogen) atoms. The molecule has 0 saturated heterocycles.